The smallest absolute Gasteiger partial charge is 0.163 e. The maximum Gasteiger partial charge on any atom is 0.163 e. The summed E-state index contributed by atoms with van der Waals surface area (Å²) in [6, 6.07) is 21.9. The summed E-state index contributed by atoms with van der Waals surface area (Å²) in [5.74, 6) is 0.575. The molecule has 4 nitrogen and oxygen atoms in total. The second-order valence-electron chi connectivity index (χ2n) is 8.93. The standard InChI is InChI=1S/C28H27FN2O2/c1-17(2)33-20-13-11-18(12-14-20)19-15-25-27(26(32)16-19)28(21-7-3-4-8-22(21)29)31-24-10-6-5-9-23(24)30-25/h3-14,17,19,28,30-31H,15-16H2,1-2H3. The van der Waals surface area contributed by atoms with E-state index in [1.165, 1.54) is 6.07 Å². The molecule has 3 aromatic carbocycles. The van der Waals surface area contributed by atoms with Crippen LogP contribution in [-0.2, 0) is 4.79 Å². The fourth-order valence-electron chi connectivity index (χ4n) is 4.76. The first kappa shape index (κ1) is 21.3. The first-order valence-corrected chi connectivity index (χ1v) is 11.4. The van der Waals surface area contributed by atoms with Gasteiger partial charge in [0.05, 0.1) is 23.5 Å². The molecule has 1 aliphatic heterocycles. The Bertz CT molecular complexity index is 1220. The Balaban J connectivity index is 1.53. The van der Waals surface area contributed by atoms with Crippen molar-refractivity contribution in [2.24, 2.45) is 0 Å². The second kappa shape index (κ2) is 8.74. The maximum atomic E-state index is 14.8. The van der Waals surface area contributed by atoms with Gasteiger partial charge in [0, 0.05) is 23.3 Å². The average Bonchev–Trinajstić information content (AvgIpc) is 2.96. The summed E-state index contributed by atoms with van der Waals surface area (Å²) < 4.78 is 20.6. The molecule has 3 aromatic rings. The molecule has 1 aliphatic carbocycles. The van der Waals surface area contributed by atoms with Gasteiger partial charge in [-0.3, -0.25) is 4.79 Å². The largest absolute Gasteiger partial charge is 0.491 e. The number of halogens is 1. The van der Waals surface area contributed by atoms with Crippen LogP contribution in [0.5, 0.6) is 5.75 Å². The molecule has 2 unspecified atom stereocenters. The van der Waals surface area contributed by atoms with Gasteiger partial charge < -0.3 is 15.4 Å². The van der Waals surface area contributed by atoms with Gasteiger partial charge >= 0.3 is 0 Å². The predicted molar refractivity (Wildman–Crippen MR) is 129 cm³/mol. The highest BCUT2D eigenvalue weighted by molar-refractivity contribution is 6.01. The third-order valence-corrected chi connectivity index (χ3v) is 6.25. The number of fused-ring (bicyclic) bond motifs is 1. The van der Waals surface area contributed by atoms with E-state index in [0.29, 0.717) is 24.0 Å². The molecule has 2 atom stereocenters. The van der Waals surface area contributed by atoms with Crippen molar-refractivity contribution in [2.75, 3.05) is 10.6 Å². The summed E-state index contributed by atoms with van der Waals surface area (Å²) in [5.41, 5.74) is 4.78. The van der Waals surface area contributed by atoms with Gasteiger partial charge in [-0.1, -0.05) is 42.5 Å². The highest BCUT2D eigenvalue weighted by Crippen LogP contribution is 2.44. The van der Waals surface area contributed by atoms with Crippen LogP contribution in [0.4, 0.5) is 15.8 Å². The second-order valence-corrected chi connectivity index (χ2v) is 8.93. The Hall–Kier alpha value is -3.60. The topological polar surface area (TPSA) is 50.4 Å². The van der Waals surface area contributed by atoms with E-state index in [1.54, 1.807) is 18.2 Å². The molecule has 0 saturated carbocycles. The molecular formula is C28H27FN2O2. The Labute approximate surface area is 193 Å². The summed E-state index contributed by atoms with van der Waals surface area (Å²) in [4.78, 5) is 13.5. The molecule has 0 radical (unpaired) electrons. The Morgan fingerprint density at radius 3 is 2.33 bits per heavy atom. The molecule has 1 heterocycles. The number of ether oxygens (including phenoxy) is 1. The van der Waals surface area contributed by atoms with Crippen LogP contribution >= 0.6 is 0 Å². The number of carbonyl (C=O) groups is 1. The third-order valence-electron chi connectivity index (χ3n) is 6.25. The monoisotopic (exact) mass is 442 g/mol. The number of anilines is 2. The number of para-hydroxylation sites is 2. The average molecular weight is 443 g/mol. The highest BCUT2D eigenvalue weighted by Gasteiger charge is 2.36. The van der Waals surface area contributed by atoms with Crippen molar-refractivity contribution in [1.29, 1.82) is 0 Å². The number of Topliss-reactive ketones (excluding diaryl/α,β-unsaturated/α-hetero) is 1. The predicted octanol–water partition coefficient (Wildman–Crippen LogP) is 6.59. The van der Waals surface area contributed by atoms with Gasteiger partial charge in [-0.2, -0.15) is 0 Å². The molecular weight excluding hydrogens is 415 g/mol. The lowest BCUT2D eigenvalue weighted by atomic mass is 9.78. The van der Waals surface area contributed by atoms with E-state index in [1.807, 2.05) is 62.4 Å². The van der Waals surface area contributed by atoms with Crippen LogP contribution in [0.2, 0.25) is 0 Å². The minimum atomic E-state index is -0.549. The van der Waals surface area contributed by atoms with Gasteiger partial charge in [-0.15, -0.1) is 0 Å². The molecule has 5 rings (SSSR count). The first-order valence-electron chi connectivity index (χ1n) is 11.4. The van der Waals surface area contributed by atoms with Crippen molar-refractivity contribution < 1.29 is 13.9 Å². The maximum absolute atomic E-state index is 14.8. The van der Waals surface area contributed by atoms with Crippen molar-refractivity contribution in [3.8, 4) is 5.75 Å². The summed E-state index contributed by atoms with van der Waals surface area (Å²) >= 11 is 0. The molecule has 2 aliphatic rings. The highest BCUT2D eigenvalue weighted by atomic mass is 19.1. The zero-order chi connectivity index (χ0) is 22.9. The van der Waals surface area contributed by atoms with Gasteiger partial charge in [0.15, 0.2) is 5.78 Å². The molecule has 2 N–H and O–H groups in total. The van der Waals surface area contributed by atoms with Crippen LogP contribution < -0.4 is 15.4 Å². The fraction of sp³-hybridized carbons (Fsp3) is 0.250. The number of hydrogen-bond acceptors (Lipinski definition) is 4. The van der Waals surface area contributed by atoms with E-state index in [9.17, 15) is 9.18 Å². The molecule has 0 saturated heterocycles. The van der Waals surface area contributed by atoms with Crippen LogP contribution in [0.3, 0.4) is 0 Å². The Morgan fingerprint density at radius 1 is 0.909 bits per heavy atom. The van der Waals surface area contributed by atoms with Crippen molar-refractivity contribution in [3.63, 3.8) is 0 Å². The van der Waals surface area contributed by atoms with E-state index in [2.05, 4.69) is 10.6 Å². The first-order chi connectivity index (χ1) is 16.0. The van der Waals surface area contributed by atoms with Crippen LogP contribution in [-0.4, -0.2) is 11.9 Å². The van der Waals surface area contributed by atoms with Gasteiger partial charge in [0.1, 0.15) is 11.6 Å². The lowest BCUT2D eigenvalue weighted by Crippen LogP contribution is -2.27. The van der Waals surface area contributed by atoms with Gasteiger partial charge in [0.25, 0.3) is 0 Å². The quantitative estimate of drug-likeness (QED) is 0.478. The zero-order valence-corrected chi connectivity index (χ0v) is 18.8. The van der Waals surface area contributed by atoms with Crippen molar-refractivity contribution >= 4 is 17.2 Å². The van der Waals surface area contributed by atoms with Crippen molar-refractivity contribution in [1.82, 2.24) is 0 Å². The fourth-order valence-corrected chi connectivity index (χ4v) is 4.76. The number of hydrogen-bond donors (Lipinski definition) is 2. The molecule has 0 amide bonds. The summed E-state index contributed by atoms with van der Waals surface area (Å²) in [6.45, 7) is 3.99. The Morgan fingerprint density at radius 2 is 1.61 bits per heavy atom. The molecule has 33 heavy (non-hydrogen) atoms. The normalized spacial score (nSPS) is 19.8. The molecule has 5 heteroatoms. The lowest BCUT2D eigenvalue weighted by Gasteiger charge is -2.30. The Kier molecular flexibility index (Phi) is 5.63. The molecule has 0 fully saturated rings. The lowest BCUT2D eigenvalue weighted by molar-refractivity contribution is -0.116. The van der Waals surface area contributed by atoms with Crippen LogP contribution in [0.25, 0.3) is 0 Å². The molecule has 0 spiro atoms. The number of nitrogens with one attached hydrogen (secondary N) is 2. The SMILES string of the molecule is CC(C)Oc1ccc(C2CC(=O)C3=C(C2)Nc2ccccc2NC3c2ccccc2F)cc1. The molecule has 0 bridgehead atoms. The van der Waals surface area contributed by atoms with Gasteiger partial charge in [-0.25, -0.2) is 4.39 Å². The van der Waals surface area contributed by atoms with E-state index in [4.69, 9.17) is 4.74 Å². The summed E-state index contributed by atoms with van der Waals surface area (Å²) in [6.07, 6.45) is 1.17. The number of ketones is 1. The van der Waals surface area contributed by atoms with Crippen molar-refractivity contribution in [2.45, 2.75) is 44.8 Å². The van der Waals surface area contributed by atoms with E-state index >= 15 is 0 Å². The minimum absolute atomic E-state index is 0.0322. The molecule has 168 valence electrons. The summed E-state index contributed by atoms with van der Waals surface area (Å²) in [5, 5.41) is 6.93. The molecule has 0 aromatic heterocycles. The minimum Gasteiger partial charge on any atom is -0.491 e. The van der Waals surface area contributed by atoms with Gasteiger partial charge in [0.2, 0.25) is 0 Å². The number of rotatable bonds is 4. The van der Waals surface area contributed by atoms with E-state index in [-0.39, 0.29) is 23.6 Å². The summed E-state index contributed by atoms with van der Waals surface area (Å²) in [7, 11) is 0. The van der Waals surface area contributed by atoms with Crippen LogP contribution in [0.15, 0.2) is 84.1 Å². The van der Waals surface area contributed by atoms with E-state index < -0.39 is 6.04 Å². The van der Waals surface area contributed by atoms with E-state index in [0.717, 1.165) is 28.4 Å². The van der Waals surface area contributed by atoms with Gasteiger partial charge in [-0.05, 0) is 62.1 Å². The van der Waals surface area contributed by atoms with Crippen LogP contribution in [0.1, 0.15) is 49.8 Å². The number of carbonyl (C=O) groups excluding carboxylic acids is 1. The number of allylic oxidation sites excluding steroid dienone is 1. The zero-order valence-electron chi connectivity index (χ0n) is 18.8. The van der Waals surface area contributed by atoms with Crippen molar-refractivity contribution in [3.05, 3.63) is 101 Å². The van der Waals surface area contributed by atoms with Crippen LogP contribution in [0, 0.1) is 5.82 Å². The third kappa shape index (κ3) is 4.23. The number of benzene rings is 3.